The molecule has 0 aromatic heterocycles. The minimum atomic E-state index is -0.0417. The second-order valence-corrected chi connectivity index (χ2v) is 6.48. The SMILES string of the molecule is CCOC(=O)CC(C)CCCC(C)CCCC(C)C. The predicted octanol–water partition coefficient (Wildman–Crippen LogP) is 5.21. The topological polar surface area (TPSA) is 26.3 Å². The Bertz CT molecular complexity index is 223. The van der Waals surface area contributed by atoms with Crippen LogP contribution in [0.2, 0.25) is 0 Å². The highest BCUT2D eigenvalue weighted by atomic mass is 16.5. The molecule has 0 amide bonds. The standard InChI is InChI=1S/C17H34O2/c1-6-19-17(18)13-16(5)12-8-11-15(4)10-7-9-14(2)3/h14-16H,6-13H2,1-5H3. The molecule has 2 atom stereocenters. The summed E-state index contributed by atoms with van der Waals surface area (Å²) in [4.78, 5) is 11.3. The molecule has 0 aromatic rings. The van der Waals surface area contributed by atoms with E-state index in [1.54, 1.807) is 0 Å². The van der Waals surface area contributed by atoms with E-state index in [0.29, 0.717) is 18.9 Å². The molecule has 0 aromatic carbocycles. The fourth-order valence-corrected chi connectivity index (χ4v) is 2.44. The smallest absolute Gasteiger partial charge is 0.306 e. The highest BCUT2D eigenvalue weighted by Crippen LogP contribution is 2.20. The van der Waals surface area contributed by atoms with E-state index in [2.05, 4.69) is 27.7 Å². The summed E-state index contributed by atoms with van der Waals surface area (Å²) < 4.78 is 4.98. The van der Waals surface area contributed by atoms with Gasteiger partial charge in [0.15, 0.2) is 0 Å². The Kier molecular flexibility index (Phi) is 11.0. The second-order valence-electron chi connectivity index (χ2n) is 6.48. The van der Waals surface area contributed by atoms with E-state index < -0.39 is 0 Å². The predicted molar refractivity (Wildman–Crippen MR) is 82.1 cm³/mol. The van der Waals surface area contributed by atoms with Gasteiger partial charge in [-0.25, -0.2) is 0 Å². The molecule has 0 rings (SSSR count). The third-order valence-corrected chi connectivity index (χ3v) is 3.69. The Balaban J connectivity index is 3.52. The lowest BCUT2D eigenvalue weighted by atomic mass is 9.93. The maximum Gasteiger partial charge on any atom is 0.306 e. The molecule has 0 N–H and O–H groups in total. The van der Waals surface area contributed by atoms with E-state index in [4.69, 9.17) is 4.74 Å². The van der Waals surface area contributed by atoms with E-state index in [1.165, 1.54) is 32.1 Å². The van der Waals surface area contributed by atoms with Crippen molar-refractivity contribution in [2.45, 2.75) is 79.6 Å². The summed E-state index contributed by atoms with van der Waals surface area (Å²) in [6, 6.07) is 0. The molecule has 0 saturated heterocycles. The zero-order valence-electron chi connectivity index (χ0n) is 13.7. The van der Waals surface area contributed by atoms with Gasteiger partial charge >= 0.3 is 5.97 Å². The molecular formula is C17H34O2. The van der Waals surface area contributed by atoms with Crippen molar-refractivity contribution < 1.29 is 9.53 Å². The molecule has 0 bridgehead atoms. The summed E-state index contributed by atoms with van der Waals surface area (Å²) in [6.45, 7) is 11.5. The van der Waals surface area contributed by atoms with Crippen molar-refractivity contribution in [3.63, 3.8) is 0 Å². The average molecular weight is 270 g/mol. The summed E-state index contributed by atoms with van der Waals surface area (Å²) in [5.41, 5.74) is 0. The molecule has 0 aliphatic carbocycles. The number of hydrogen-bond donors (Lipinski definition) is 0. The monoisotopic (exact) mass is 270 g/mol. The molecular weight excluding hydrogens is 236 g/mol. The largest absolute Gasteiger partial charge is 0.466 e. The third kappa shape index (κ3) is 12.3. The molecule has 2 unspecified atom stereocenters. The van der Waals surface area contributed by atoms with Crippen molar-refractivity contribution in [1.29, 1.82) is 0 Å². The van der Waals surface area contributed by atoms with Crippen LogP contribution in [-0.2, 0) is 9.53 Å². The van der Waals surface area contributed by atoms with Crippen LogP contribution in [0.1, 0.15) is 79.6 Å². The second kappa shape index (κ2) is 11.3. The van der Waals surface area contributed by atoms with E-state index in [0.717, 1.165) is 18.3 Å². The highest BCUT2D eigenvalue weighted by molar-refractivity contribution is 5.69. The third-order valence-electron chi connectivity index (χ3n) is 3.69. The number of carbonyl (C=O) groups is 1. The first-order valence-electron chi connectivity index (χ1n) is 8.11. The van der Waals surface area contributed by atoms with Crippen molar-refractivity contribution in [2.24, 2.45) is 17.8 Å². The average Bonchev–Trinajstić information content (AvgIpc) is 2.28. The van der Waals surface area contributed by atoms with Gasteiger partial charge in [-0.2, -0.15) is 0 Å². The summed E-state index contributed by atoms with van der Waals surface area (Å²) >= 11 is 0. The van der Waals surface area contributed by atoms with Crippen molar-refractivity contribution in [1.82, 2.24) is 0 Å². The van der Waals surface area contributed by atoms with E-state index in [1.807, 2.05) is 6.92 Å². The number of esters is 1. The maximum absolute atomic E-state index is 11.3. The van der Waals surface area contributed by atoms with Gasteiger partial charge in [-0.05, 0) is 24.7 Å². The van der Waals surface area contributed by atoms with Crippen LogP contribution in [0, 0.1) is 17.8 Å². The quantitative estimate of drug-likeness (QED) is 0.482. The first kappa shape index (κ1) is 18.5. The van der Waals surface area contributed by atoms with Gasteiger partial charge in [0.25, 0.3) is 0 Å². The van der Waals surface area contributed by atoms with Gasteiger partial charge in [0.05, 0.1) is 6.61 Å². The van der Waals surface area contributed by atoms with Crippen molar-refractivity contribution in [3.8, 4) is 0 Å². The van der Waals surface area contributed by atoms with Gasteiger partial charge in [0.1, 0.15) is 0 Å². The molecule has 0 saturated carbocycles. The fourth-order valence-electron chi connectivity index (χ4n) is 2.44. The molecule has 2 heteroatoms. The normalized spacial score (nSPS) is 14.4. The zero-order chi connectivity index (χ0) is 14.7. The lowest BCUT2D eigenvalue weighted by Crippen LogP contribution is -2.09. The summed E-state index contributed by atoms with van der Waals surface area (Å²) in [7, 11) is 0. The molecule has 0 aliphatic rings. The molecule has 0 fully saturated rings. The highest BCUT2D eigenvalue weighted by Gasteiger charge is 2.10. The van der Waals surface area contributed by atoms with Gasteiger partial charge in [-0.1, -0.05) is 66.2 Å². The van der Waals surface area contributed by atoms with Gasteiger partial charge in [0.2, 0.25) is 0 Å². The van der Waals surface area contributed by atoms with Crippen LogP contribution < -0.4 is 0 Å². The van der Waals surface area contributed by atoms with E-state index in [-0.39, 0.29) is 5.97 Å². The van der Waals surface area contributed by atoms with Crippen molar-refractivity contribution >= 4 is 5.97 Å². The summed E-state index contributed by atoms with van der Waals surface area (Å²) in [5, 5.41) is 0. The first-order chi connectivity index (χ1) is 8.95. The van der Waals surface area contributed by atoms with Crippen LogP contribution in [0.15, 0.2) is 0 Å². The van der Waals surface area contributed by atoms with Crippen molar-refractivity contribution in [3.05, 3.63) is 0 Å². The van der Waals surface area contributed by atoms with Crippen LogP contribution in [0.25, 0.3) is 0 Å². The van der Waals surface area contributed by atoms with E-state index >= 15 is 0 Å². The van der Waals surface area contributed by atoms with Crippen molar-refractivity contribution in [2.75, 3.05) is 6.61 Å². The molecule has 0 radical (unpaired) electrons. The Morgan fingerprint density at radius 2 is 1.42 bits per heavy atom. The number of carbonyl (C=O) groups excluding carboxylic acids is 1. The van der Waals surface area contributed by atoms with Gasteiger partial charge < -0.3 is 4.74 Å². The zero-order valence-corrected chi connectivity index (χ0v) is 13.7. The number of hydrogen-bond acceptors (Lipinski definition) is 2. The molecule has 0 heterocycles. The number of rotatable bonds is 11. The molecule has 0 aliphatic heterocycles. The van der Waals surface area contributed by atoms with Crippen LogP contribution in [-0.4, -0.2) is 12.6 Å². The van der Waals surface area contributed by atoms with Gasteiger partial charge in [0, 0.05) is 6.42 Å². The van der Waals surface area contributed by atoms with Gasteiger partial charge in [-0.15, -0.1) is 0 Å². The lowest BCUT2D eigenvalue weighted by Gasteiger charge is -2.14. The minimum Gasteiger partial charge on any atom is -0.466 e. The minimum absolute atomic E-state index is 0.0417. The van der Waals surface area contributed by atoms with Crippen LogP contribution >= 0.6 is 0 Å². The molecule has 19 heavy (non-hydrogen) atoms. The Morgan fingerprint density at radius 3 is 1.95 bits per heavy atom. The Labute approximate surface area is 120 Å². The number of ether oxygens (including phenoxy) is 1. The Morgan fingerprint density at radius 1 is 0.895 bits per heavy atom. The van der Waals surface area contributed by atoms with E-state index in [9.17, 15) is 4.79 Å². The van der Waals surface area contributed by atoms with Crippen LogP contribution in [0.3, 0.4) is 0 Å². The fraction of sp³-hybridized carbons (Fsp3) is 0.941. The molecule has 2 nitrogen and oxygen atoms in total. The van der Waals surface area contributed by atoms with Gasteiger partial charge in [-0.3, -0.25) is 4.79 Å². The lowest BCUT2D eigenvalue weighted by molar-refractivity contribution is -0.144. The molecule has 114 valence electrons. The van der Waals surface area contributed by atoms with Crippen LogP contribution in [0.4, 0.5) is 0 Å². The molecule has 0 spiro atoms. The first-order valence-corrected chi connectivity index (χ1v) is 8.11. The Hall–Kier alpha value is -0.530. The maximum atomic E-state index is 11.3. The summed E-state index contributed by atoms with van der Waals surface area (Å²) in [5.74, 6) is 2.08. The van der Waals surface area contributed by atoms with Crippen LogP contribution in [0.5, 0.6) is 0 Å². The summed E-state index contributed by atoms with van der Waals surface area (Å²) in [6.07, 6.45) is 8.32.